The van der Waals surface area contributed by atoms with Crippen LogP contribution < -0.4 is 5.73 Å². The van der Waals surface area contributed by atoms with Gasteiger partial charge in [0.1, 0.15) is 11.5 Å². The second-order valence-corrected chi connectivity index (χ2v) is 9.21. The molecule has 0 spiro atoms. The predicted molar refractivity (Wildman–Crippen MR) is 118 cm³/mol. The number of carbonyl (C=O) groups is 4. The second-order valence-electron chi connectivity index (χ2n) is 9.21. The van der Waals surface area contributed by atoms with Crippen molar-refractivity contribution in [2.75, 3.05) is 14.1 Å². The number of rotatable bonds is 2. The summed E-state index contributed by atoms with van der Waals surface area (Å²) in [6.45, 7) is 1.24. The first-order valence-electron chi connectivity index (χ1n) is 10.2. The predicted octanol–water partition coefficient (Wildman–Crippen LogP) is -3.68. The number of hydrogen-bond acceptors (Lipinski definition) is 10. The molecule has 0 bridgehead atoms. The lowest BCUT2D eigenvalue weighted by Gasteiger charge is -2.55. The number of amides is 1. The molecule has 35 heavy (non-hydrogen) atoms. The topological polar surface area (TPSA) is 262 Å². The summed E-state index contributed by atoms with van der Waals surface area (Å²) in [6, 6.07) is 2.48. The van der Waals surface area contributed by atoms with Gasteiger partial charge in [0.15, 0.2) is 23.1 Å². The lowest BCUT2D eigenvalue weighted by atomic mass is 9.51. The Kier molecular flexibility index (Phi) is 6.79. The van der Waals surface area contributed by atoms with Crippen molar-refractivity contribution in [1.82, 2.24) is 4.90 Å². The van der Waals surface area contributed by atoms with Gasteiger partial charge in [0.05, 0.1) is 40.7 Å². The van der Waals surface area contributed by atoms with Crippen LogP contribution in [0, 0.1) is 17.8 Å². The zero-order chi connectivity index (χ0) is 24.8. The molecule has 3 aliphatic carbocycles. The maximum absolute atomic E-state index is 13.7. The fraction of sp³-hybridized carbons (Fsp3) is 0.455. The van der Waals surface area contributed by atoms with Crippen molar-refractivity contribution in [3.05, 3.63) is 34.9 Å². The fourth-order valence-corrected chi connectivity index (χ4v) is 5.74. The van der Waals surface area contributed by atoms with Gasteiger partial charge in [-0.05, 0) is 32.6 Å². The smallest absolute Gasteiger partial charge is 0.235 e. The van der Waals surface area contributed by atoms with Crippen LogP contribution >= 0.6 is 0 Å². The Bertz CT molecular complexity index is 1160. The molecule has 2 fully saturated rings. The number of carbonyl (C=O) groups excluding carboxylic acids is 4. The first kappa shape index (κ1) is 28.0. The average Bonchev–Trinajstić information content (AvgIpc) is 2.70. The Morgan fingerprint density at radius 1 is 1.09 bits per heavy atom. The van der Waals surface area contributed by atoms with E-state index < -0.39 is 81.4 Å². The Labute approximate surface area is 198 Å². The fourth-order valence-electron chi connectivity index (χ4n) is 5.74. The van der Waals surface area contributed by atoms with Gasteiger partial charge in [-0.2, -0.15) is 0 Å². The number of phenols is 1. The molecule has 2 saturated carbocycles. The first-order valence-corrected chi connectivity index (χ1v) is 10.2. The molecule has 3 aliphatic rings. The molecule has 7 unspecified atom stereocenters. The molecule has 0 heterocycles. The van der Waals surface area contributed by atoms with Crippen molar-refractivity contribution < 1.29 is 55.7 Å². The minimum atomic E-state index is -3.10. The van der Waals surface area contributed by atoms with Crippen LogP contribution in [0.15, 0.2) is 23.8 Å². The van der Waals surface area contributed by atoms with Crippen molar-refractivity contribution in [2.45, 2.75) is 30.3 Å². The maximum atomic E-state index is 13.7. The van der Waals surface area contributed by atoms with Crippen LogP contribution in [0.25, 0.3) is 5.76 Å². The van der Waals surface area contributed by atoms with E-state index in [-0.39, 0.29) is 22.1 Å². The largest absolute Gasteiger partial charge is 0.507 e. The van der Waals surface area contributed by atoms with Gasteiger partial charge in [-0.25, -0.2) is 0 Å². The monoisotopic (exact) mass is 496 g/mol. The number of likely N-dealkylation sites (N-methyl/N-ethyl adjacent to an activating group) is 1. The molecule has 1 aromatic carbocycles. The molecule has 11 N–H and O–H groups in total. The molecule has 13 heteroatoms. The summed E-state index contributed by atoms with van der Waals surface area (Å²) in [5, 5.41) is 55.5. The summed E-state index contributed by atoms with van der Waals surface area (Å²) < 4.78 is 0. The van der Waals surface area contributed by atoms with Crippen LogP contribution in [0.5, 0.6) is 5.75 Å². The zero-order valence-corrected chi connectivity index (χ0v) is 19.0. The van der Waals surface area contributed by atoms with Crippen LogP contribution in [0.1, 0.15) is 18.1 Å². The highest BCUT2D eigenvalue weighted by molar-refractivity contribution is 6.32. The minimum absolute atomic E-state index is 0. The van der Waals surface area contributed by atoms with E-state index in [1.54, 1.807) is 0 Å². The number of benzene rings is 1. The SMILES string of the molecule is CN(C)C1C(=O)C(C(N)=O)C(=O)C2(O)C(=O)C3=C(O)c4c(O)cccc4C(C)(O)C3C(O)C12.O.O. The van der Waals surface area contributed by atoms with Crippen LogP contribution in [-0.4, -0.2) is 96.5 Å². The van der Waals surface area contributed by atoms with Crippen molar-refractivity contribution >= 4 is 29.0 Å². The van der Waals surface area contributed by atoms with Gasteiger partial charge in [-0.3, -0.25) is 24.1 Å². The summed E-state index contributed by atoms with van der Waals surface area (Å²) in [6.07, 6.45) is -1.90. The molecule has 7 atom stereocenters. The Morgan fingerprint density at radius 3 is 2.17 bits per heavy atom. The number of aliphatic hydroxyl groups excluding tert-OH is 2. The highest BCUT2D eigenvalue weighted by atomic mass is 16.3. The third-order valence-corrected chi connectivity index (χ3v) is 7.17. The average molecular weight is 496 g/mol. The van der Waals surface area contributed by atoms with E-state index in [1.165, 1.54) is 44.1 Å². The lowest BCUT2D eigenvalue weighted by Crippen LogP contribution is -2.76. The number of phenolic OH excluding ortho intramolecular Hbond substituents is 1. The molecular formula is C22H28N2O11. The number of nitrogens with two attached hydrogens (primary N) is 1. The third kappa shape index (κ3) is 3.24. The highest BCUT2D eigenvalue weighted by Gasteiger charge is 2.72. The lowest BCUT2D eigenvalue weighted by molar-refractivity contribution is -0.195. The first-order chi connectivity index (χ1) is 15.2. The second kappa shape index (κ2) is 8.48. The van der Waals surface area contributed by atoms with E-state index >= 15 is 0 Å². The molecule has 192 valence electrons. The van der Waals surface area contributed by atoms with Gasteiger partial charge in [0, 0.05) is 0 Å². The highest BCUT2D eigenvalue weighted by Crippen LogP contribution is 2.56. The molecular weight excluding hydrogens is 468 g/mol. The summed E-state index contributed by atoms with van der Waals surface area (Å²) in [4.78, 5) is 53.1. The summed E-state index contributed by atoms with van der Waals surface area (Å²) in [5.41, 5.74) is -0.914. The van der Waals surface area contributed by atoms with E-state index in [4.69, 9.17) is 5.73 Å². The number of primary amides is 1. The standard InChI is InChI=1S/C22H24N2O9.2H2O/c1-21(32)7-5-4-6-8(25)9(7)15(26)10-12(21)17(28)13-14(24(2)3)16(27)11(20(23)31)19(30)22(13,33)18(10)29;;/h4-6,11-14,17,25-26,28,32-33H,1-3H3,(H2,23,31);2*1H2. The zero-order valence-electron chi connectivity index (χ0n) is 19.0. The van der Waals surface area contributed by atoms with E-state index in [2.05, 4.69) is 0 Å². The van der Waals surface area contributed by atoms with E-state index in [0.717, 1.165) is 0 Å². The molecule has 1 aromatic rings. The minimum Gasteiger partial charge on any atom is -0.507 e. The van der Waals surface area contributed by atoms with E-state index in [9.17, 15) is 44.7 Å². The summed E-state index contributed by atoms with van der Waals surface area (Å²) >= 11 is 0. The van der Waals surface area contributed by atoms with Crippen molar-refractivity contribution in [2.24, 2.45) is 23.5 Å². The number of aliphatic hydroxyl groups is 4. The maximum Gasteiger partial charge on any atom is 0.235 e. The normalized spacial score (nSPS) is 36.0. The molecule has 0 radical (unpaired) electrons. The molecule has 0 aliphatic heterocycles. The molecule has 13 nitrogen and oxygen atoms in total. The Morgan fingerprint density at radius 2 is 1.66 bits per heavy atom. The third-order valence-electron chi connectivity index (χ3n) is 7.17. The van der Waals surface area contributed by atoms with Crippen LogP contribution in [0.4, 0.5) is 0 Å². The Balaban J connectivity index is 0.00000216. The number of Topliss-reactive ketones (excluding diaryl/α,β-unsaturated/α-hetero) is 3. The summed E-state index contributed by atoms with van der Waals surface area (Å²) in [7, 11) is 2.78. The van der Waals surface area contributed by atoms with Crippen molar-refractivity contribution in [3.63, 3.8) is 0 Å². The van der Waals surface area contributed by atoms with Gasteiger partial charge in [-0.1, -0.05) is 12.1 Å². The number of ketones is 3. The molecule has 4 rings (SSSR count). The van der Waals surface area contributed by atoms with Crippen LogP contribution in [0.2, 0.25) is 0 Å². The van der Waals surface area contributed by atoms with Crippen LogP contribution in [-0.2, 0) is 24.8 Å². The van der Waals surface area contributed by atoms with Crippen LogP contribution in [0.3, 0.4) is 0 Å². The van der Waals surface area contributed by atoms with Gasteiger partial charge >= 0.3 is 0 Å². The Hall–Kier alpha value is -3.20. The van der Waals surface area contributed by atoms with Crippen molar-refractivity contribution in [1.29, 1.82) is 0 Å². The van der Waals surface area contributed by atoms with E-state index in [0.29, 0.717) is 0 Å². The number of aromatic hydroxyl groups is 1. The molecule has 1 amide bonds. The number of nitrogens with zero attached hydrogens (tertiary/aromatic N) is 1. The number of hydrogen-bond donors (Lipinski definition) is 6. The summed E-state index contributed by atoms with van der Waals surface area (Å²) in [5.74, 6) is -12.1. The molecule has 0 aromatic heterocycles. The number of fused-ring (bicyclic) bond motifs is 3. The van der Waals surface area contributed by atoms with Gasteiger partial charge < -0.3 is 42.2 Å². The van der Waals surface area contributed by atoms with E-state index in [1.807, 2.05) is 0 Å². The quantitative estimate of drug-likeness (QED) is 0.218. The van der Waals surface area contributed by atoms with Gasteiger partial charge in [0.25, 0.3) is 0 Å². The van der Waals surface area contributed by atoms with Gasteiger partial charge in [-0.15, -0.1) is 0 Å². The molecule has 0 saturated heterocycles. The van der Waals surface area contributed by atoms with Gasteiger partial charge in [0.2, 0.25) is 11.7 Å². The van der Waals surface area contributed by atoms with Crippen molar-refractivity contribution in [3.8, 4) is 5.75 Å².